The van der Waals surface area contributed by atoms with E-state index in [9.17, 15) is 19.5 Å². The Balaban J connectivity index is 2.07. The molecule has 1 saturated heterocycles. The van der Waals surface area contributed by atoms with Crippen molar-refractivity contribution in [3.63, 3.8) is 0 Å². The van der Waals surface area contributed by atoms with Gasteiger partial charge in [-0.1, -0.05) is 70.2 Å². The molecule has 2 aromatic carbocycles. The second-order valence-corrected chi connectivity index (χ2v) is 12.8. The Morgan fingerprint density at radius 1 is 0.977 bits per heavy atom. The number of carboxylic acids is 1. The summed E-state index contributed by atoms with van der Waals surface area (Å²) in [5, 5.41) is 9.44. The van der Waals surface area contributed by atoms with Gasteiger partial charge in [0.15, 0.2) is 6.10 Å². The fourth-order valence-electron chi connectivity index (χ4n) is 5.87. The van der Waals surface area contributed by atoms with Crippen LogP contribution in [0.5, 0.6) is 0 Å². The highest BCUT2D eigenvalue weighted by Crippen LogP contribution is 2.42. The number of hydrogen-bond donors (Lipinski definition) is 1. The normalized spacial score (nSPS) is 22.5. The molecule has 0 amide bonds. The SMILES string of the molecule is CC[C@H]1O[C@@H](c2cc(Cc3ccc(/C=C/C(C)(C)C(=O)O)cc3C)c(C(C)C)cc2C)[C@H](OC(C)=O)[C@@H](OC(C)=O)[C@@H]1C. The third-order valence-corrected chi connectivity index (χ3v) is 8.50. The first kappa shape index (κ1) is 34.0. The van der Waals surface area contributed by atoms with Crippen LogP contribution < -0.4 is 0 Å². The van der Waals surface area contributed by atoms with Crippen LogP contribution in [-0.2, 0) is 35.0 Å². The fraction of sp³-hybridized carbons (Fsp3) is 0.528. The molecule has 5 atom stereocenters. The molecule has 1 N–H and O–H groups in total. The second kappa shape index (κ2) is 13.9. The Morgan fingerprint density at radius 3 is 2.14 bits per heavy atom. The summed E-state index contributed by atoms with van der Waals surface area (Å²) in [6.07, 6.45) is 2.79. The van der Waals surface area contributed by atoms with Gasteiger partial charge in [-0.25, -0.2) is 0 Å². The van der Waals surface area contributed by atoms with E-state index in [1.54, 1.807) is 19.9 Å². The number of esters is 2. The smallest absolute Gasteiger partial charge is 0.312 e. The highest BCUT2D eigenvalue weighted by Gasteiger charge is 2.48. The van der Waals surface area contributed by atoms with Gasteiger partial charge >= 0.3 is 17.9 Å². The van der Waals surface area contributed by atoms with Crippen molar-refractivity contribution in [2.75, 3.05) is 0 Å². The van der Waals surface area contributed by atoms with Gasteiger partial charge in [-0.15, -0.1) is 0 Å². The average Bonchev–Trinajstić information content (AvgIpc) is 2.91. The molecular weight excluding hydrogens is 544 g/mol. The van der Waals surface area contributed by atoms with Crippen molar-refractivity contribution in [3.05, 3.63) is 75.4 Å². The molecule has 43 heavy (non-hydrogen) atoms. The Morgan fingerprint density at radius 2 is 1.60 bits per heavy atom. The van der Waals surface area contributed by atoms with E-state index in [0.29, 0.717) is 6.42 Å². The summed E-state index contributed by atoms with van der Waals surface area (Å²) in [5.41, 5.74) is 6.57. The minimum Gasteiger partial charge on any atom is -0.481 e. The fourth-order valence-corrected chi connectivity index (χ4v) is 5.87. The molecule has 7 nitrogen and oxygen atoms in total. The van der Waals surface area contributed by atoms with Crippen molar-refractivity contribution in [3.8, 4) is 0 Å². The molecule has 1 aliphatic heterocycles. The van der Waals surface area contributed by atoms with E-state index in [0.717, 1.165) is 39.8 Å². The zero-order chi connectivity index (χ0) is 32.2. The summed E-state index contributed by atoms with van der Waals surface area (Å²) >= 11 is 0. The standard InChI is InChI=1S/C36H48O7/c1-11-31-23(6)32(41-24(7)37)34(42-25(8)38)33(43-31)30-19-28(29(20(2)3)17-22(30)5)18-27-13-12-26(16-21(27)4)14-15-36(9,10)35(39)40/h12-17,19-20,23,31-34H,11,18H2,1-10H3,(H,39,40)/b15-14+/t23-,31-,32+,33+,34-/m1/s1. The molecule has 0 spiro atoms. The average molecular weight is 593 g/mol. The van der Waals surface area contributed by atoms with Crippen LogP contribution >= 0.6 is 0 Å². The van der Waals surface area contributed by atoms with Gasteiger partial charge in [0.25, 0.3) is 0 Å². The van der Waals surface area contributed by atoms with Crippen LogP contribution in [0.1, 0.15) is 113 Å². The quantitative estimate of drug-likeness (QED) is 0.285. The van der Waals surface area contributed by atoms with Crippen molar-refractivity contribution in [2.24, 2.45) is 11.3 Å². The maximum absolute atomic E-state index is 12.3. The molecule has 3 rings (SSSR count). The van der Waals surface area contributed by atoms with Crippen LogP contribution in [0.15, 0.2) is 36.4 Å². The molecule has 234 valence electrons. The van der Waals surface area contributed by atoms with Gasteiger partial charge in [0.1, 0.15) is 12.2 Å². The Kier molecular flexibility index (Phi) is 11.0. The zero-order valence-corrected chi connectivity index (χ0v) is 27.3. The molecule has 0 aromatic heterocycles. The zero-order valence-electron chi connectivity index (χ0n) is 27.3. The van der Waals surface area contributed by atoms with Crippen molar-refractivity contribution >= 4 is 24.0 Å². The van der Waals surface area contributed by atoms with Crippen molar-refractivity contribution < 1.29 is 33.7 Å². The van der Waals surface area contributed by atoms with E-state index in [1.807, 2.05) is 32.9 Å². The van der Waals surface area contributed by atoms with Gasteiger partial charge in [0, 0.05) is 19.8 Å². The van der Waals surface area contributed by atoms with Gasteiger partial charge in [-0.05, 0) is 85.4 Å². The molecule has 2 aromatic rings. The molecule has 0 bridgehead atoms. The highest BCUT2D eigenvalue weighted by atomic mass is 16.6. The number of carbonyl (C=O) groups excluding carboxylic acids is 2. The number of aliphatic carboxylic acids is 1. The first-order chi connectivity index (χ1) is 20.0. The molecule has 1 fully saturated rings. The lowest BCUT2D eigenvalue weighted by Gasteiger charge is -2.45. The predicted molar refractivity (Wildman–Crippen MR) is 168 cm³/mol. The van der Waals surface area contributed by atoms with Gasteiger partial charge in [-0.3, -0.25) is 14.4 Å². The van der Waals surface area contributed by atoms with Gasteiger partial charge in [-0.2, -0.15) is 0 Å². The summed E-state index contributed by atoms with van der Waals surface area (Å²) in [7, 11) is 0. The number of ether oxygens (including phenoxy) is 3. The van der Waals surface area contributed by atoms with E-state index in [2.05, 4.69) is 45.0 Å². The van der Waals surface area contributed by atoms with Crippen LogP contribution in [0.3, 0.4) is 0 Å². The van der Waals surface area contributed by atoms with Crippen molar-refractivity contribution in [1.29, 1.82) is 0 Å². The molecule has 0 unspecified atom stereocenters. The van der Waals surface area contributed by atoms with Gasteiger partial charge in [0.05, 0.1) is 11.5 Å². The molecule has 1 heterocycles. The molecule has 0 aliphatic carbocycles. The molecular formula is C36H48O7. The van der Waals surface area contributed by atoms with E-state index in [-0.39, 0.29) is 17.9 Å². The van der Waals surface area contributed by atoms with E-state index >= 15 is 0 Å². The lowest BCUT2D eigenvalue weighted by Crippen LogP contribution is -2.53. The van der Waals surface area contributed by atoms with Crippen LogP contribution in [0.4, 0.5) is 0 Å². The minimum atomic E-state index is -0.953. The van der Waals surface area contributed by atoms with Crippen LogP contribution in [0.2, 0.25) is 0 Å². The first-order valence-electron chi connectivity index (χ1n) is 15.2. The van der Waals surface area contributed by atoms with E-state index in [1.165, 1.54) is 19.4 Å². The number of benzene rings is 2. The van der Waals surface area contributed by atoms with E-state index in [4.69, 9.17) is 14.2 Å². The van der Waals surface area contributed by atoms with Crippen LogP contribution in [0, 0.1) is 25.2 Å². The number of aryl methyl sites for hydroxylation is 2. The van der Waals surface area contributed by atoms with Crippen LogP contribution in [0.25, 0.3) is 6.08 Å². The van der Waals surface area contributed by atoms with Crippen LogP contribution in [-0.4, -0.2) is 41.3 Å². The summed E-state index contributed by atoms with van der Waals surface area (Å²) in [4.78, 5) is 35.9. The van der Waals surface area contributed by atoms with Gasteiger partial charge < -0.3 is 19.3 Å². The summed E-state index contributed by atoms with van der Waals surface area (Å²) in [6, 6.07) is 10.5. The number of rotatable bonds is 10. The third kappa shape index (κ3) is 8.14. The Labute approximate surface area is 256 Å². The highest BCUT2D eigenvalue weighted by molar-refractivity contribution is 5.77. The number of hydrogen-bond acceptors (Lipinski definition) is 6. The molecule has 0 radical (unpaired) electrons. The maximum atomic E-state index is 12.3. The number of carboxylic acid groups (broad SMARTS) is 1. The summed E-state index contributed by atoms with van der Waals surface area (Å²) in [6.45, 7) is 18.6. The lowest BCUT2D eigenvalue weighted by atomic mass is 9.81. The first-order valence-corrected chi connectivity index (χ1v) is 15.2. The largest absolute Gasteiger partial charge is 0.481 e. The molecule has 0 saturated carbocycles. The predicted octanol–water partition coefficient (Wildman–Crippen LogP) is 7.49. The monoisotopic (exact) mass is 592 g/mol. The summed E-state index contributed by atoms with van der Waals surface area (Å²) < 4.78 is 18.2. The molecule has 1 aliphatic rings. The topological polar surface area (TPSA) is 99.1 Å². The minimum absolute atomic E-state index is 0.152. The van der Waals surface area contributed by atoms with Crippen molar-refractivity contribution in [1.82, 2.24) is 0 Å². The molecule has 7 heteroatoms. The van der Waals surface area contributed by atoms with Gasteiger partial charge in [0.2, 0.25) is 0 Å². The Hall–Kier alpha value is -3.45. The summed E-state index contributed by atoms with van der Waals surface area (Å²) in [5.74, 6) is -1.62. The van der Waals surface area contributed by atoms with E-state index < -0.39 is 41.6 Å². The lowest BCUT2D eigenvalue weighted by molar-refractivity contribution is -0.225. The second-order valence-electron chi connectivity index (χ2n) is 12.8. The third-order valence-electron chi connectivity index (χ3n) is 8.50. The maximum Gasteiger partial charge on any atom is 0.312 e. The number of carbonyl (C=O) groups is 3. The Bertz CT molecular complexity index is 1370. The van der Waals surface area contributed by atoms with Crippen molar-refractivity contribution in [2.45, 2.75) is 112 Å².